The fourth-order valence-electron chi connectivity index (χ4n) is 2.24. The molecule has 0 aliphatic heterocycles. The number of aromatic nitrogens is 1. The van der Waals surface area contributed by atoms with Crippen LogP contribution in [0, 0.1) is 12.3 Å². The summed E-state index contributed by atoms with van der Waals surface area (Å²) in [4.78, 5) is 7.87. The van der Waals surface area contributed by atoms with Crippen LogP contribution in [0.4, 0.5) is 0 Å². The summed E-state index contributed by atoms with van der Waals surface area (Å²) in [5, 5.41) is 9.51. The molecule has 1 N–H and O–H groups in total. The molecule has 1 aromatic heterocycles. The molecule has 1 unspecified atom stereocenters. The van der Waals surface area contributed by atoms with Gasteiger partial charge in [-0.15, -0.1) is 11.3 Å². The van der Waals surface area contributed by atoms with Crippen LogP contribution in [0.25, 0.3) is 0 Å². The van der Waals surface area contributed by atoms with Gasteiger partial charge in [-0.1, -0.05) is 20.3 Å². The molecule has 0 radical (unpaired) electrons. The lowest BCUT2D eigenvalue weighted by Crippen LogP contribution is -2.35. The number of rotatable bonds is 7. The van der Waals surface area contributed by atoms with Crippen LogP contribution in [-0.2, 0) is 6.54 Å². The molecule has 0 amide bonds. The lowest BCUT2D eigenvalue weighted by Gasteiger charge is -2.31. The van der Waals surface area contributed by atoms with Crippen molar-refractivity contribution < 1.29 is 5.11 Å². The maximum absolute atomic E-state index is 9.51. The van der Waals surface area contributed by atoms with Crippen LogP contribution < -0.4 is 0 Å². The topological polar surface area (TPSA) is 36.4 Å². The maximum Gasteiger partial charge on any atom is 0.0798 e. The van der Waals surface area contributed by atoms with Crippen molar-refractivity contribution >= 4 is 11.3 Å². The average Bonchev–Trinajstić information content (AvgIpc) is 2.64. The standard InChI is InChI=1S/C13H24N2OS/c1-5-6-13(3,9-16)8-15(4)7-12-11(2)14-10-17-12/h10,16H,5-9H2,1-4H3. The average molecular weight is 256 g/mol. The summed E-state index contributed by atoms with van der Waals surface area (Å²) in [6.45, 7) is 8.49. The van der Waals surface area contributed by atoms with E-state index in [-0.39, 0.29) is 12.0 Å². The SMILES string of the molecule is CCCC(C)(CO)CN(C)Cc1scnc1C. The van der Waals surface area contributed by atoms with Crippen LogP contribution in [0.15, 0.2) is 5.51 Å². The van der Waals surface area contributed by atoms with E-state index in [1.54, 1.807) is 11.3 Å². The molecule has 0 bridgehead atoms. The van der Waals surface area contributed by atoms with E-state index in [4.69, 9.17) is 0 Å². The van der Waals surface area contributed by atoms with E-state index in [2.05, 4.69) is 37.7 Å². The number of hydrogen-bond acceptors (Lipinski definition) is 4. The third kappa shape index (κ3) is 4.37. The lowest BCUT2D eigenvalue weighted by molar-refractivity contribution is 0.0881. The van der Waals surface area contributed by atoms with Gasteiger partial charge in [0.2, 0.25) is 0 Å². The van der Waals surface area contributed by atoms with Crippen LogP contribution in [0.5, 0.6) is 0 Å². The van der Waals surface area contributed by atoms with Crippen LogP contribution in [-0.4, -0.2) is 35.2 Å². The second-order valence-electron chi connectivity index (χ2n) is 5.25. The summed E-state index contributed by atoms with van der Waals surface area (Å²) >= 11 is 1.71. The Labute approximate surface area is 108 Å². The molecule has 4 heteroatoms. The van der Waals surface area contributed by atoms with E-state index < -0.39 is 0 Å². The molecule has 0 aliphatic rings. The highest BCUT2D eigenvalue weighted by molar-refractivity contribution is 7.09. The van der Waals surface area contributed by atoms with Crippen LogP contribution in [0.3, 0.4) is 0 Å². The van der Waals surface area contributed by atoms with Crippen molar-refractivity contribution in [1.29, 1.82) is 0 Å². The predicted molar refractivity (Wildman–Crippen MR) is 73.3 cm³/mol. The van der Waals surface area contributed by atoms with E-state index in [1.807, 2.05) is 5.51 Å². The Kier molecular flexibility index (Phi) is 5.56. The van der Waals surface area contributed by atoms with Gasteiger partial charge in [0, 0.05) is 30.0 Å². The number of aryl methyl sites for hydroxylation is 1. The van der Waals surface area contributed by atoms with E-state index in [0.717, 1.165) is 31.6 Å². The predicted octanol–water partition coefficient (Wildman–Crippen LogP) is 2.68. The summed E-state index contributed by atoms with van der Waals surface area (Å²) in [7, 11) is 2.11. The summed E-state index contributed by atoms with van der Waals surface area (Å²) < 4.78 is 0. The van der Waals surface area contributed by atoms with Gasteiger partial charge in [0.25, 0.3) is 0 Å². The van der Waals surface area contributed by atoms with Crippen molar-refractivity contribution in [3.8, 4) is 0 Å². The Bertz CT molecular complexity index is 340. The van der Waals surface area contributed by atoms with Gasteiger partial charge in [0.15, 0.2) is 0 Å². The van der Waals surface area contributed by atoms with Crippen LogP contribution in [0.2, 0.25) is 0 Å². The van der Waals surface area contributed by atoms with E-state index in [0.29, 0.717) is 0 Å². The molecule has 0 aliphatic carbocycles. The number of aliphatic hydroxyl groups is 1. The number of hydrogen-bond donors (Lipinski definition) is 1. The smallest absolute Gasteiger partial charge is 0.0798 e. The molecule has 0 saturated heterocycles. The van der Waals surface area contributed by atoms with Crippen molar-refractivity contribution in [2.75, 3.05) is 20.2 Å². The Hall–Kier alpha value is -0.450. The lowest BCUT2D eigenvalue weighted by atomic mass is 9.86. The van der Waals surface area contributed by atoms with Gasteiger partial charge in [0.05, 0.1) is 11.2 Å². The van der Waals surface area contributed by atoms with E-state index in [9.17, 15) is 5.11 Å². The third-order valence-corrected chi connectivity index (χ3v) is 4.07. The second-order valence-corrected chi connectivity index (χ2v) is 6.19. The quantitative estimate of drug-likeness (QED) is 0.815. The first-order valence-electron chi connectivity index (χ1n) is 6.19. The third-order valence-electron chi connectivity index (χ3n) is 3.15. The highest BCUT2D eigenvalue weighted by atomic mass is 32.1. The number of aliphatic hydroxyl groups excluding tert-OH is 1. The van der Waals surface area contributed by atoms with Crippen LogP contribution >= 0.6 is 11.3 Å². The largest absolute Gasteiger partial charge is 0.396 e. The minimum atomic E-state index is 0.0160. The molecule has 17 heavy (non-hydrogen) atoms. The highest BCUT2D eigenvalue weighted by Gasteiger charge is 2.24. The molecule has 0 saturated carbocycles. The van der Waals surface area contributed by atoms with Crippen molar-refractivity contribution in [2.24, 2.45) is 5.41 Å². The monoisotopic (exact) mass is 256 g/mol. The molecule has 1 heterocycles. The Morgan fingerprint density at radius 2 is 2.24 bits per heavy atom. The molecule has 3 nitrogen and oxygen atoms in total. The molecule has 1 atom stereocenters. The zero-order valence-corrected chi connectivity index (χ0v) is 12.2. The fraction of sp³-hybridized carbons (Fsp3) is 0.769. The second kappa shape index (κ2) is 6.47. The molecule has 0 aromatic carbocycles. The Morgan fingerprint density at radius 3 is 2.71 bits per heavy atom. The van der Waals surface area contributed by atoms with E-state index >= 15 is 0 Å². The van der Waals surface area contributed by atoms with Gasteiger partial charge in [-0.25, -0.2) is 4.98 Å². The summed E-state index contributed by atoms with van der Waals surface area (Å²) in [5.74, 6) is 0. The number of nitrogens with zero attached hydrogens (tertiary/aromatic N) is 2. The molecule has 1 rings (SSSR count). The number of thiazole rings is 1. The molecule has 1 aromatic rings. The highest BCUT2D eigenvalue weighted by Crippen LogP contribution is 2.25. The van der Waals surface area contributed by atoms with Crippen molar-refractivity contribution in [3.63, 3.8) is 0 Å². The minimum absolute atomic E-state index is 0.0160. The molecule has 0 fully saturated rings. The van der Waals surface area contributed by atoms with Crippen LogP contribution in [0.1, 0.15) is 37.3 Å². The zero-order valence-electron chi connectivity index (χ0n) is 11.4. The normalized spacial score (nSPS) is 15.2. The van der Waals surface area contributed by atoms with Gasteiger partial charge in [0.1, 0.15) is 0 Å². The summed E-state index contributed by atoms with van der Waals surface area (Å²) in [6, 6.07) is 0. The first-order valence-corrected chi connectivity index (χ1v) is 7.07. The van der Waals surface area contributed by atoms with Gasteiger partial charge in [-0.2, -0.15) is 0 Å². The van der Waals surface area contributed by atoms with Crippen molar-refractivity contribution in [3.05, 3.63) is 16.1 Å². The minimum Gasteiger partial charge on any atom is -0.396 e. The maximum atomic E-state index is 9.51. The van der Waals surface area contributed by atoms with Gasteiger partial charge in [-0.05, 0) is 20.4 Å². The Balaban J connectivity index is 2.53. The molecule has 98 valence electrons. The van der Waals surface area contributed by atoms with Gasteiger partial charge < -0.3 is 10.0 Å². The van der Waals surface area contributed by atoms with Crippen molar-refractivity contribution in [2.45, 2.75) is 40.2 Å². The molecular weight excluding hydrogens is 232 g/mol. The molecular formula is C13H24N2OS. The van der Waals surface area contributed by atoms with Crippen molar-refractivity contribution in [1.82, 2.24) is 9.88 Å². The summed E-state index contributed by atoms with van der Waals surface area (Å²) in [5.41, 5.74) is 3.04. The summed E-state index contributed by atoms with van der Waals surface area (Å²) in [6.07, 6.45) is 2.18. The van der Waals surface area contributed by atoms with E-state index in [1.165, 1.54) is 4.88 Å². The fourth-order valence-corrected chi connectivity index (χ4v) is 3.10. The molecule has 0 spiro atoms. The first-order chi connectivity index (χ1) is 8.00. The zero-order chi connectivity index (χ0) is 12.9. The first kappa shape index (κ1) is 14.6. The van der Waals surface area contributed by atoms with Gasteiger partial charge >= 0.3 is 0 Å². The van der Waals surface area contributed by atoms with Gasteiger partial charge in [-0.3, -0.25) is 0 Å². The Morgan fingerprint density at radius 1 is 1.53 bits per heavy atom.